The van der Waals surface area contributed by atoms with Gasteiger partial charge in [0.05, 0.1) is 4.47 Å². The lowest BCUT2D eigenvalue weighted by atomic mass is 9.86. The lowest BCUT2D eigenvalue weighted by molar-refractivity contribution is -0.139. The van der Waals surface area contributed by atoms with Crippen LogP contribution in [0.1, 0.15) is 26.3 Å². The Morgan fingerprint density at radius 1 is 1.20 bits per heavy atom. The van der Waals surface area contributed by atoms with Crippen LogP contribution in [-0.4, -0.2) is 22.7 Å². The standard InChI is InChI=1S/C20H20BrNO3/c1-20(2,3)13-6-4-5-12(9-13)16-10-14-15(22-16)7-8-17(19(14)21)25-11-18(23)24/h4-10,22H,11H2,1-3H3,(H,23,24). The van der Waals surface area contributed by atoms with Crippen molar-refractivity contribution in [2.45, 2.75) is 26.2 Å². The van der Waals surface area contributed by atoms with E-state index >= 15 is 0 Å². The van der Waals surface area contributed by atoms with Crippen LogP contribution in [0.3, 0.4) is 0 Å². The van der Waals surface area contributed by atoms with Crippen molar-refractivity contribution in [1.29, 1.82) is 0 Å². The number of H-pyrrole nitrogens is 1. The van der Waals surface area contributed by atoms with Crippen LogP contribution in [0.25, 0.3) is 22.2 Å². The van der Waals surface area contributed by atoms with Crippen LogP contribution in [0.15, 0.2) is 46.9 Å². The van der Waals surface area contributed by atoms with Crippen LogP contribution in [0.4, 0.5) is 0 Å². The van der Waals surface area contributed by atoms with Crippen molar-refractivity contribution in [3.8, 4) is 17.0 Å². The van der Waals surface area contributed by atoms with Crippen LogP contribution in [0.2, 0.25) is 0 Å². The molecule has 0 unspecified atom stereocenters. The Morgan fingerprint density at radius 3 is 2.64 bits per heavy atom. The summed E-state index contributed by atoms with van der Waals surface area (Å²) in [5.41, 5.74) is 4.44. The lowest BCUT2D eigenvalue weighted by Gasteiger charge is -2.19. The van der Waals surface area contributed by atoms with Gasteiger partial charge in [-0.15, -0.1) is 0 Å². The van der Waals surface area contributed by atoms with Crippen molar-refractivity contribution in [2.75, 3.05) is 6.61 Å². The molecule has 0 atom stereocenters. The smallest absolute Gasteiger partial charge is 0.341 e. The molecule has 130 valence electrons. The highest BCUT2D eigenvalue weighted by molar-refractivity contribution is 9.10. The molecule has 0 aliphatic rings. The summed E-state index contributed by atoms with van der Waals surface area (Å²) in [5.74, 6) is -0.482. The molecule has 0 bridgehead atoms. The van der Waals surface area contributed by atoms with E-state index < -0.39 is 5.97 Å². The number of aromatic amines is 1. The van der Waals surface area contributed by atoms with E-state index in [-0.39, 0.29) is 12.0 Å². The molecular weight excluding hydrogens is 382 g/mol. The molecule has 4 nitrogen and oxygen atoms in total. The minimum atomic E-state index is -0.999. The maximum absolute atomic E-state index is 10.7. The number of aromatic nitrogens is 1. The summed E-state index contributed by atoms with van der Waals surface area (Å²) in [6.07, 6.45) is 0. The van der Waals surface area contributed by atoms with E-state index in [9.17, 15) is 4.79 Å². The number of carboxylic acid groups (broad SMARTS) is 1. The van der Waals surface area contributed by atoms with Crippen molar-refractivity contribution >= 4 is 32.8 Å². The molecule has 0 saturated carbocycles. The van der Waals surface area contributed by atoms with Gasteiger partial charge in [-0.25, -0.2) is 4.79 Å². The fraction of sp³-hybridized carbons (Fsp3) is 0.250. The average molecular weight is 402 g/mol. The van der Waals surface area contributed by atoms with Crippen LogP contribution >= 0.6 is 15.9 Å². The highest BCUT2D eigenvalue weighted by Crippen LogP contribution is 2.36. The summed E-state index contributed by atoms with van der Waals surface area (Å²) in [7, 11) is 0. The van der Waals surface area contributed by atoms with Gasteiger partial charge in [-0.05, 0) is 56.7 Å². The SMILES string of the molecule is CC(C)(C)c1cccc(-c2cc3c(Br)c(OCC(=O)O)ccc3[nH]2)c1. The van der Waals surface area contributed by atoms with Gasteiger partial charge in [0.1, 0.15) is 5.75 Å². The first-order chi connectivity index (χ1) is 11.8. The third-order valence-electron chi connectivity index (χ3n) is 4.09. The number of hydrogen-bond donors (Lipinski definition) is 2. The molecule has 0 fully saturated rings. The first kappa shape index (κ1) is 17.5. The summed E-state index contributed by atoms with van der Waals surface area (Å²) in [6, 6.07) is 14.2. The third kappa shape index (κ3) is 3.71. The predicted molar refractivity (Wildman–Crippen MR) is 103 cm³/mol. The summed E-state index contributed by atoms with van der Waals surface area (Å²) in [5, 5.41) is 9.73. The third-order valence-corrected chi connectivity index (χ3v) is 4.91. The molecular formula is C20H20BrNO3. The van der Waals surface area contributed by atoms with Gasteiger partial charge in [-0.3, -0.25) is 0 Å². The molecule has 3 rings (SSSR count). The van der Waals surface area contributed by atoms with E-state index in [4.69, 9.17) is 9.84 Å². The Morgan fingerprint density at radius 2 is 1.96 bits per heavy atom. The Balaban J connectivity index is 2.02. The normalized spacial score (nSPS) is 11.7. The van der Waals surface area contributed by atoms with Crippen LogP contribution in [-0.2, 0) is 10.2 Å². The van der Waals surface area contributed by atoms with Crippen LogP contribution in [0.5, 0.6) is 5.75 Å². The summed E-state index contributed by atoms with van der Waals surface area (Å²) < 4.78 is 6.08. The minimum Gasteiger partial charge on any atom is -0.481 e. The number of carbonyl (C=O) groups is 1. The number of ether oxygens (including phenoxy) is 1. The second kappa shape index (κ2) is 6.56. The number of hydrogen-bond acceptors (Lipinski definition) is 2. The molecule has 1 heterocycles. The zero-order valence-corrected chi connectivity index (χ0v) is 16.0. The number of rotatable bonds is 4. The van der Waals surface area contributed by atoms with E-state index in [1.165, 1.54) is 5.56 Å². The largest absolute Gasteiger partial charge is 0.481 e. The zero-order valence-electron chi connectivity index (χ0n) is 14.4. The number of aliphatic carboxylic acids is 1. The van der Waals surface area contributed by atoms with Gasteiger partial charge in [-0.1, -0.05) is 39.0 Å². The summed E-state index contributed by atoms with van der Waals surface area (Å²) in [6.45, 7) is 6.22. The van der Waals surface area contributed by atoms with Crippen molar-refractivity contribution in [1.82, 2.24) is 4.98 Å². The Bertz CT molecular complexity index is 938. The predicted octanol–water partition coefficient (Wildman–Crippen LogP) is 5.36. The van der Waals surface area contributed by atoms with E-state index in [0.717, 1.165) is 26.6 Å². The number of carboxylic acids is 1. The van der Waals surface area contributed by atoms with Gasteiger partial charge >= 0.3 is 5.97 Å². The lowest BCUT2D eigenvalue weighted by Crippen LogP contribution is -2.10. The van der Waals surface area contributed by atoms with Crippen molar-refractivity contribution in [2.24, 2.45) is 0 Å². The average Bonchev–Trinajstić information content (AvgIpc) is 2.98. The molecule has 0 amide bonds. The highest BCUT2D eigenvalue weighted by Gasteiger charge is 2.15. The molecule has 3 aromatic rings. The number of benzene rings is 2. The number of halogens is 1. The first-order valence-corrected chi connectivity index (χ1v) is 8.82. The van der Waals surface area contributed by atoms with Gasteiger partial charge in [-0.2, -0.15) is 0 Å². The van der Waals surface area contributed by atoms with E-state index in [1.54, 1.807) is 6.07 Å². The van der Waals surface area contributed by atoms with Gasteiger partial charge in [0.15, 0.2) is 6.61 Å². The van der Waals surface area contributed by atoms with Crippen molar-refractivity contribution in [3.05, 3.63) is 52.5 Å². The quantitative estimate of drug-likeness (QED) is 0.618. The van der Waals surface area contributed by atoms with Gasteiger partial charge < -0.3 is 14.8 Å². The molecule has 5 heteroatoms. The van der Waals surface area contributed by atoms with E-state index in [1.807, 2.05) is 6.07 Å². The minimum absolute atomic E-state index is 0.0838. The van der Waals surface area contributed by atoms with Gasteiger partial charge in [0, 0.05) is 16.6 Å². The summed E-state index contributed by atoms with van der Waals surface area (Å²) >= 11 is 3.53. The maximum Gasteiger partial charge on any atom is 0.341 e. The Kier molecular flexibility index (Phi) is 4.60. The Labute approximate surface area is 155 Å². The van der Waals surface area contributed by atoms with E-state index in [0.29, 0.717) is 5.75 Å². The molecule has 25 heavy (non-hydrogen) atoms. The van der Waals surface area contributed by atoms with E-state index in [2.05, 4.69) is 72.0 Å². The van der Waals surface area contributed by atoms with Crippen LogP contribution in [0, 0.1) is 0 Å². The molecule has 1 aromatic heterocycles. The van der Waals surface area contributed by atoms with Gasteiger partial charge in [0.2, 0.25) is 0 Å². The van der Waals surface area contributed by atoms with Crippen molar-refractivity contribution in [3.63, 3.8) is 0 Å². The highest BCUT2D eigenvalue weighted by atomic mass is 79.9. The molecule has 2 aromatic carbocycles. The molecule has 2 N–H and O–H groups in total. The number of nitrogens with one attached hydrogen (secondary N) is 1. The maximum atomic E-state index is 10.7. The number of fused-ring (bicyclic) bond motifs is 1. The second-order valence-corrected chi connectivity index (χ2v) is 7.83. The fourth-order valence-electron chi connectivity index (χ4n) is 2.71. The molecule has 0 saturated heterocycles. The fourth-order valence-corrected chi connectivity index (χ4v) is 3.28. The molecule has 0 spiro atoms. The second-order valence-electron chi connectivity index (χ2n) is 7.04. The first-order valence-electron chi connectivity index (χ1n) is 8.02. The Hall–Kier alpha value is -2.27. The topological polar surface area (TPSA) is 62.3 Å². The molecule has 0 radical (unpaired) electrons. The monoisotopic (exact) mass is 401 g/mol. The van der Waals surface area contributed by atoms with Crippen molar-refractivity contribution < 1.29 is 14.6 Å². The summed E-state index contributed by atoms with van der Waals surface area (Å²) in [4.78, 5) is 14.1. The van der Waals surface area contributed by atoms with Gasteiger partial charge in [0.25, 0.3) is 0 Å². The zero-order chi connectivity index (χ0) is 18.2. The van der Waals surface area contributed by atoms with Crippen LogP contribution < -0.4 is 4.74 Å². The molecule has 0 aliphatic carbocycles. The molecule has 0 aliphatic heterocycles.